The fourth-order valence-corrected chi connectivity index (χ4v) is 1.95. The summed E-state index contributed by atoms with van der Waals surface area (Å²) in [6.45, 7) is 3.49. The number of alkyl halides is 3. The highest BCUT2D eigenvalue weighted by atomic mass is 19.4. The minimum Gasteiger partial charge on any atom is -0.481 e. The van der Waals surface area contributed by atoms with Crippen LogP contribution in [0.3, 0.4) is 0 Å². The molecule has 6 heteroatoms. The zero-order valence-electron chi connectivity index (χ0n) is 13.8. The van der Waals surface area contributed by atoms with Crippen molar-refractivity contribution in [2.24, 2.45) is 0 Å². The summed E-state index contributed by atoms with van der Waals surface area (Å²) in [7, 11) is 3.13. The first-order valence-corrected chi connectivity index (χ1v) is 7.41. The van der Waals surface area contributed by atoms with Gasteiger partial charge in [-0.1, -0.05) is 25.5 Å². The summed E-state index contributed by atoms with van der Waals surface area (Å²) in [6, 6.07) is 3.48. The minimum absolute atomic E-state index is 0.0265. The van der Waals surface area contributed by atoms with Crippen molar-refractivity contribution in [3.63, 3.8) is 0 Å². The molecule has 128 valence electrons. The number of rotatable bonds is 6. The van der Waals surface area contributed by atoms with Gasteiger partial charge in [-0.05, 0) is 37.1 Å². The lowest BCUT2D eigenvalue weighted by Gasteiger charge is -2.19. The molecule has 3 nitrogen and oxygen atoms in total. The molecule has 0 aliphatic heterocycles. The number of allylic oxidation sites excluding steroid dienone is 1. The first-order valence-electron chi connectivity index (χ1n) is 7.41. The van der Waals surface area contributed by atoms with Crippen molar-refractivity contribution in [3.8, 4) is 5.75 Å². The number of nitrogens with zero attached hydrogens (tertiary/aromatic N) is 1. The Labute approximate surface area is 134 Å². The Balaban J connectivity index is 3.10. The summed E-state index contributed by atoms with van der Waals surface area (Å²) >= 11 is 0. The number of ether oxygens (including phenoxy) is 1. The lowest BCUT2D eigenvalue weighted by Crippen LogP contribution is -2.35. The van der Waals surface area contributed by atoms with Crippen LogP contribution in [-0.4, -0.2) is 31.0 Å². The summed E-state index contributed by atoms with van der Waals surface area (Å²) in [5, 5.41) is 0. The number of hydrogen-bond acceptors (Lipinski definition) is 2. The molecule has 0 saturated carbocycles. The molecule has 0 radical (unpaired) electrons. The molecule has 1 aromatic rings. The quantitative estimate of drug-likeness (QED) is 0.775. The van der Waals surface area contributed by atoms with Gasteiger partial charge in [-0.15, -0.1) is 0 Å². The number of likely N-dealkylation sites (N-methyl/N-ethyl adjacent to an activating group) is 1. The van der Waals surface area contributed by atoms with E-state index in [1.165, 1.54) is 17.9 Å². The van der Waals surface area contributed by atoms with Gasteiger partial charge in [-0.3, -0.25) is 4.79 Å². The Bertz CT molecular complexity index is 565. The number of amides is 1. The Kier molecular flexibility index (Phi) is 6.66. The van der Waals surface area contributed by atoms with Gasteiger partial charge in [-0.25, -0.2) is 0 Å². The second kappa shape index (κ2) is 8.04. The number of hydrogen-bond donors (Lipinski definition) is 0. The van der Waals surface area contributed by atoms with Crippen LogP contribution in [0.25, 0.3) is 6.08 Å². The molecule has 0 spiro atoms. The molecule has 1 aromatic carbocycles. The number of carbonyl (C=O) groups is 1. The molecule has 0 aliphatic carbocycles. The van der Waals surface area contributed by atoms with E-state index in [9.17, 15) is 18.0 Å². The van der Waals surface area contributed by atoms with Gasteiger partial charge in [0, 0.05) is 14.1 Å². The average molecular weight is 329 g/mol. The summed E-state index contributed by atoms with van der Waals surface area (Å²) in [5.41, 5.74) is -0.400. The van der Waals surface area contributed by atoms with Crippen LogP contribution in [0.5, 0.6) is 5.75 Å². The Morgan fingerprint density at radius 3 is 2.48 bits per heavy atom. The molecule has 0 N–H and O–H groups in total. The lowest BCUT2D eigenvalue weighted by molar-refractivity contribution is -0.137. The normalized spacial score (nSPS) is 13.2. The van der Waals surface area contributed by atoms with Crippen LogP contribution in [0.15, 0.2) is 24.3 Å². The maximum absolute atomic E-state index is 13.0. The zero-order valence-corrected chi connectivity index (χ0v) is 13.8. The number of carbonyl (C=O) groups excluding carboxylic acids is 1. The van der Waals surface area contributed by atoms with Crippen molar-refractivity contribution in [1.82, 2.24) is 4.90 Å². The van der Waals surface area contributed by atoms with Crippen molar-refractivity contribution in [1.29, 1.82) is 0 Å². The summed E-state index contributed by atoms with van der Waals surface area (Å²) in [4.78, 5) is 13.1. The molecular formula is C17H22F3NO2. The maximum atomic E-state index is 13.0. The fraction of sp³-hybridized carbons (Fsp3) is 0.471. The van der Waals surface area contributed by atoms with Crippen LogP contribution in [0.1, 0.15) is 37.8 Å². The van der Waals surface area contributed by atoms with Gasteiger partial charge in [-0.2, -0.15) is 13.2 Å². The molecule has 23 heavy (non-hydrogen) atoms. The SMILES string of the molecule is CCC/C=C/c1cc(OC(C)C(=O)N(C)C)cc(C(F)(F)F)c1. The Morgan fingerprint density at radius 2 is 1.96 bits per heavy atom. The van der Waals surface area contributed by atoms with Crippen molar-refractivity contribution >= 4 is 12.0 Å². The van der Waals surface area contributed by atoms with Gasteiger partial charge in [0.25, 0.3) is 5.91 Å². The Morgan fingerprint density at radius 1 is 1.30 bits per heavy atom. The largest absolute Gasteiger partial charge is 0.481 e. The lowest BCUT2D eigenvalue weighted by atomic mass is 10.1. The third-order valence-electron chi connectivity index (χ3n) is 3.12. The van der Waals surface area contributed by atoms with E-state index < -0.39 is 17.8 Å². The van der Waals surface area contributed by atoms with Crippen molar-refractivity contribution in [2.75, 3.05) is 14.1 Å². The van der Waals surface area contributed by atoms with E-state index in [2.05, 4.69) is 0 Å². The molecule has 1 amide bonds. The van der Waals surface area contributed by atoms with E-state index in [1.807, 2.05) is 13.0 Å². The molecule has 0 aliphatic rings. The maximum Gasteiger partial charge on any atom is 0.416 e. The number of halogens is 3. The highest BCUT2D eigenvalue weighted by Crippen LogP contribution is 2.33. The van der Waals surface area contributed by atoms with Crippen LogP contribution < -0.4 is 4.74 Å². The van der Waals surface area contributed by atoms with Gasteiger partial charge in [0.2, 0.25) is 0 Å². The first-order chi connectivity index (χ1) is 10.6. The van der Waals surface area contributed by atoms with Gasteiger partial charge in [0.05, 0.1) is 5.56 Å². The summed E-state index contributed by atoms with van der Waals surface area (Å²) < 4.78 is 44.4. The van der Waals surface area contributed by atoms with Gasteiger partial charge in [0.15, 0.2) is 6.10 Å². The van der Waals surface area contributed by atoms with Crippen LogP contribution in [0.4, 0.5) is 13.2 Å². The van der Waals surface area contributed by atoms with Gasteiger partial charge in [0.1, 0.15) is 5.75 Å². The topological polar surface area (TPSA) is 29.5 Å². The van der Waals surface area contributed by atoms with Crippen LogP contribution in [-0.2, 0) is 11.0 Å². The molecule has 0 fully saturated rings. The third kappa shape index (κ3) is 5.96. The van der Waals surface area contributed by atoms with Gasteiger partial charge < -0.3 is 9.64 Å². The summed E-state index contributed by atoms with van der Waals surface area (Å²) in [5.74, 6) is -0.288. The fourth-order valence-electron chi connectivity index (χ4n) is 1.95. The molecule has 0 bridgehead atoms. The van der Waals surface area contributed by atoms with Crippen LogP contribution in [0.2, 0.25) is 0 Å². The number of unbranched alkanes of at least 4 members (excludes halogenated alkanes) is 1. The first kappa shape index (κ1) is 19.1. The molecule has 1 unspecified atom stereocenters. The molecule has 0 heterocycles. The minimum atomic E-state index is -4.47. The van der Waals surface area contributed by atoms with Crippen LogP contribution in [0, 0.1) is 0 Å². The molecule has 0 saturated heterocycles. The molecule has 0 aromatic heterocycles. The van der Waals surface area contributed by atoms with E-state index in [4.69, 9.17) is 4.74 Å². The smallest absolute Gasteiger partial charge is 0.416 e. The molecule has 1 rings (SSSR count). The molecular weight excluding hydrogens is 307 g/mol. The van der Waals surface area contributed by atoms with Crippen molar-refractivity contribution in [2.45, 2.75) is 39.0 Å². The van der Waals surface area contributed by atoms with E-state index in [1.54, 1.807) is 20.2 Å². The Hall–Kier alpha value is -1.98. The molecule has 1 atom stereocenters. The number of benzene rings is 1. The second-order valence-corrected chi connectivity index (χ2v) is 5.47. The highest BCUT2D eigenvalue weighted by Gasteiger charge is 2.31. The van der Waals surface area contributed by atoms with E-state index in [0.717, 1.165) is 25.0 Å². The second-order valence-electron chi connectivity index (χ2n) is 5.47. The van der Waals surface area contributed by atoms with Crippen molar-refractivity contribution < 1.29 is 22.7 Å². The predicted molar refractivity (Wildman–Crippen MR) is 84.2 cm³/mol. The monoisotopic (exact) mass is 329 g/mol. The summed E-state index contributed by atoms with van der Waals surface area (Å²) in [6.07, 6.45) is -0.199. The standard InChI is InChI=1S/C17H22F3NO2/c1-5-6-7-8-13-9-14(17(18,19)20)11-15(10-13)23-12(2)16(22)21(3)4/h7-12H,5-6H2,1-4H3/b8-7+. The zero-order chi connectivity index (χ0) is 17.6. The van der Waals surface area contributed by atoms with E-state index in [-0.39, 0.29) is 11.7 Å². The average Bonchev–Trinajstić information content (AvgIpc) is 2.45. The third-order valence-corrected chi connectivity index (χ3v) is 3.12. The highest BCUT2D eigenvalue weighted by molar-refractivity contribution is 5.80. The predicted octanol–water partition coefficient (Wildman–Crippen LogP) is 4.37. The van der Waals surface area contributed by atoms with E-state index >= 15 is 0 Å². The van der Waals surface area contributed by atoms with Crippen molar-refractivity contribution in [3.05, 3.63) is 35.4 Å². The van der Waals surface area contributed by atoms with Crippen LogP contribution >= 0.6 is 0 Å². The van der Waals surface area contributed by atoms with Gasteiger partial charge >= 0.3 is 6.18 Å². The van der Waals surface area contributed by atoms with E-state index in [0.29, 0.717) is 5.56 Å².